The summed E-state index contributed by atoms with van der Waals surface area (Å²) >= 11 is 3.91. The van der Waals surface area contributed by atoms with Crippen LogP contribution in [0.3, 0.4) is 0 Å². The lowest BCUT2D eigenvalue weighted by Gasteiger charge is -2.33. The summed E-state index contributed by atoms with van der Waals surface area (Å²) in [5, 5.41) is 0. The van der Waals surface area contributed by atoms with Gasteiger partial charge in [-0.25, -0.2) is 8.78 Å². The van der Waals surface area contributed by atoms with Crippen molar-refractivity contribution in [3.05, 3.63) is 0 Å². The predicted molar refractivity (Wildman–Crippen MR) is 78.2 cm³/mol. The molecule has 0 spiro atoms. The quantitative estimate of drug-likeness (QED) is 0.582. The van der Waals surface area contributed by atoms with E-state index in [2.05, 4.69) is 19.8 Å². The minimum absolute atomic E-state index is 0.0186. The monoisotopic (exact) mass is 308 g/mol. The van der Waals surface area contributed by atoms with Gasteiger partial charge >= 0.3 is 0 Å². The van der Waals surface area contributed by atoms with Gasteiger partial charge in [-0.15, -0.1) is 0 Å². The molecule has 0 aromatic carbocycles. The maximum atomic E-state index is 13.1. The van der Waals surface area contributed by atoms with Gasteiger partial charge in [0.05, 0.1) is 18.3 Å². The minimum Gasteiger partial charge on any atom is -0.375 e. The van der Waals surface area contributed by atoms with E-state index in [1.54, 1.807) is 0 Å². The molecule has 2 saturated carbocycles. The van der Waals surface area contributed by atoms with E-state index in [4.69, 9.17) is 8.92 Å². The zero-order valence-electron chi connectivity index (χ0n) is 12.2. The van der Waals surface area contributed by atoms with Crippen molar-refractivity contribution in [3.63, 3.8) is 0 Å². The fourth-order valence-electron chi connectivity index (χ4n) is 3.55. The van der Waals surface area contributed by atoms with Crippen LogP contribution in [0.4, 0.5) is 8.78 Å². The van der Waals surface area contributed by atoms with Gasteiger partial charge in [-0.2, -0.15) is 0 Å². The zero-order chi connectivity index (χ0) is 14.6. The first-order chi connectivity index (χ1) is 9.48. The van der Waals surface area contributed by atoms with Gasteiger partial charge in [0.25, 0.3) is 0 Å². The lowest BCUT2D eigenvalue weighted by molar-refractivity contribution is -0.0998. The van der Waals surface area contributed by atoms with Crippen LogP contribution in [0.5, 0.6) is 0 Å². The molecule has 20 heavy (non-hydrogen) atoms. The number of hydrogen-bond acceptors (Lipinski definition) is 3. The number of thiol groups is 1. The molecule has 3 atom stereocenters. The molecule has 5 heteroatoms. The number of halogens is 2. The molecule has 0 saturated heterocycles. The first-order valence-electron chi connectivity index (χ1n) is 7.82. The fraction of sp³-hybridized carbons (Fsp3) is 1.00. The molecule has 0 aromatic heterocycles. The molecule has 2 aliphatic rings. The summed E-state index contributed by atoms with van der Waals surface area (Å²) in [6.45, 7) is 2.07. The Labute approximate surface area is 126 Å². The van der Waals surface area contributed by atoms with Crippen molar-refractivity contribution in [2.45, 2.75) is 88.9 Å². The molecular formula is C15H26F2O2S. The first kappa shape index (κ1) is 16.5. The summed E-state index contributed by atoms with van der Waals surface area (Å²) in [5.74, 6) is -1.86. The van der Waals surface area contributed by atoms with Crippen molar-refractivity contribution in [1.82, 2.24) is 0 Å². The van der Waals surface area contributed by atoms with E-state index < -0.39 is 5.92 Å². The van der Waals surface area contributed by atoms with Crippen molar-refractivity contribution in [2.75, 3.05) is 0 Å². The van der Waals surface area contributed by atoms with Crippen LogP contribution in [0.25, 0.3) is 0 Å². The van der Waals surface area contributed by atoms with E-state index in [9.17, 15) is 8.78 Å². The largest absolute Gasteiger partial charge is 0.375 e. The van der Waals surface area contributed by atoms with E-state index in [0.717, 1.165) is 19.3 Å². The van der Waals surface area contributed by atoms with Gasteiger partial charge < -0.3 is 8.92 Å². The Hall–Kier alpha value is 0.130. The molecule has 0 heterocycles. The van der Waals surface area contributed by atoms with Gasteiger partial charge in [0, 0.05) is 12.8 Å². The highest BCUT2D eigenvalue weighted by Gasteiger charge is 2.36. The van der Waals surface area contributed by atoms with E-state index in [1.807, 2.05) is 0 Å². The summed E-state index contributed by atoms with van der Waals surface area (Å²) in [5.41, 5.74) is 0. The Morgan fingerprint density at radius 3 is 2.50 bits per heavy atom. The maximum absolute atomic E-state index is 13.1. The van der Waals surface area contributed by atoms with Gasteiger partial charge in [0.1, 0.15) is 0 Å². The van der Waals surface area contributed by atoms with Gasteiger partial charge in [-0.05, 0) is 57.9 Å². The van der Waals surface area contributed by atoms with Crippen LogP contribution in [0, 0.1) is 5.92 Å². The molecule has 0 radical (unpaired) electrons. The van der Waals surface area contributed by atoms with Gasteiger partial charge in [0.2, 0.25) is 5.92 Å². The number of rotatable bonds is 5. The van der Waals surface area contributed by atoms with Gasteiger partial charge in [-0.3, -0.25) is 0 Å². The second-order valence-electron chi connectivity index (χ2n) is 6.50. The highest BCUT2D eigenvalue weighted by atomic mass is 32.1. The Morgan fingerprint density at radius 1 is 1.15 bits per heavy atom. The Kier molecular flexibility index (Phi) is 6.11. The van der Waals surface area contributed by atoms with Crippen molar-refractivity contribution < 1.29 is 17.7 Å². The highest BCUT2D eigenvalue weighted by Crippen LogP contribution is 2.36. The van der Waals surface area contributed by atoms with Crippen LogP contribution in [0.1, 0.15) is 64.7 Å². The summed E-state index contributed by atoms with van der Waals surface area (Å²) < 4.78 is 37.3. The second kappa shape index (κ2) is 7.41. The lowest BCUT2D eigenvalue weighted by atomic mass is 9.84. The van der Waals surface area contributed by atoms with Crippen molar-refractivity contribution >= 4 is 12.9 Å². The average molecular weight is 308 g/mol. The molecule has 118 valence electrons. The first-order valence-corrected chi connectivity index (χ1v) is 8.18. The third-order valence-electron chi connectivity index (χ3n) is 4.64. The topological polar surface area (TPSA) is 18.5 Å². The summed E-state index contributed by atoms with van der Waals surface area (Å²) in [6.07, 6.45) is 6.88. The van der Waals surface area contributed by atoms with Crippen molar-refractivity contribution in [2.24, 2.45) is 5.92 Å². The smallest absolute Gasteiger partial charge is 0.248 e. The van der Waals surface area contributed by atoms with Crippen LogP contribution < -0.4 is 0 Å². The van der Waals surface area contributed by atoms with Gasteiger partial charge in [0.15, 0.2) is 0 Å². The van der Waals surface area contributed by atoms with Crippen LogP contribution in [0.2, 0.25) is 0 Å². The predicted octanol–water partition coefficient (Wildman–Crippen LogP) is 4.78. The Bertz CT molecular complexity index is 292. The fourth-order valence-corrected chi connectivity index (χ4v) is 3.75. The maximum Gasteiger partial charge on any atom is 0.248 e. The SMILES string of the molecule is CC(CC1CCCC(OS)C1)OC1CCC(F)(F)CC1. The standard InChI is InChI=1S/C15H26F2O2S/c1-11(9-12-3-2-4-14(10-12)19-20)18-13-5-7-15(16,17)8-6-13/h11-14,20H,2-10H2,1H3. The normalized spacial score (nSPS) is 33.0. The Balaban J connectivity index is 1.69. The summed E-state index contributed by atoms with van der Waals surface area (Å²) in [7, 11) is 0. The van der Waals surface area contributed by atoms with E-state index in [0.29, 0.717) is 18.8 Å². The Morgan fingerprint density at radius 2 is 1.85 bits per heavy atom. The molecule has 2 nitrogen and oxygen atoms in total. The van der Waals surface area contributed by atoms with Crippen molar-refractivity contribution in [1.29, 1.82) is 0 Å². The van der Waals surface area contributed by atoms with E-state index in [-0.39, 0.29) is 31.2 Å². The van der Waals surface area contributed by atoms with Crippen LogP contribution in [-0.2, 0) is 8.92 Å². The molecule has 0 N–H and O–H groups in total. The highest BCUT2D eigenvalue weighted by molar-refractivity contribution is 7.75. The number of hydrogen-bond donors (Lipinski definition) is 1. The molecule has 0 aromatic rings. The number of ether oxygens (including phenoxy) is 1. The molecule has 0 bridgehead atoms. The van der Waals surface area contributed by atoms with Crippen LogP contribution >= 0.6 is 12.9 Å². The van der Waals surface area contributed by atoms with Crippen molar-refractivity contribution in [3.8, 4) is 0 Å². The van der Waals surface area contributed by atoms with E-state index >= 15 is 0 Å². The average Bonchev–Trinajstić information content (AvgIpc) is 2.41. The molecular weight excluding hydrogens is 282 g/mol. The lowest BCUT2D eigenvalue weighted by Crippen LogP contribution is -2.32. The summed E-state index contributed by atoms with van der Waals surface area (Å²) in [6, 6.07) is 0. The summed E-state index contributed by atoms with van der Waals surface area (Å²) in [4.78, 5) is 0. The van der Waals surface area contributed by atoms with Crippen LogP contribution in [-0.4, -0.2) is 24.2 Å². The molecule has 0 aliphatic heterocycles. The molecule has 3 unspecified atom stereocenters. The minimum atomic E-state index is -2.47. The zero-order valence-corrected chi connectivity index (χ0v) is 13.1. The second-order valence-corrected chi connectivity index (χ2v) is 6.71. The van der Waals surface area contributed by atoms with Crippen LogP contribution in [0.15, 0.2) is 0 Å². The third-order valence-corrected chi connectivity index (χ3v) is 4.94. The molecule has 2 fully saturated rings. The third kappa shape index (κ3) is 5.15. The van der Waals surface area contributed by atoms with E-state index in [1.165, 1.54) is 12.8 Å². The molecule has 2 rings (SSSR count). The van der Waals surface area contributed by atoms with Gasteiger partial charge in [-0.1, -0.05) is 12.8 Å². The number of alkyl halides is 2. The molecule has 0 amide bonds. The molecule has 2 aliphatic carbocycles.